The van der Waals surface area contributed by atoms with Gasteiger partial charge in [-0.15, -0.1) is 0 Å². The maximum absolute atomic E-state index is 11.8. The first-order valence-corrected chi connectivity index (χ1v) is 4.53. The molecule has 0 aromatic heterocycles. The lowest BCUT2D eigenvalue weighted by atomic mass is 10.1. The molecule has 0 rings (SSSR count). The van der Waals surface area contributed by atoms with Gasteiger partial charge in [-0.1, -0.05) is 6.92 Å². The van der Waals surface area contributed by atoms with E-state index in [-0.39, 0.29) is 18.3 Å². The minimum absolute atomic E-state index is 0.0963. The molecule has 0 aromatic rings. The van der Waals surface area contributed by atoms with Gasteiger partial charge in [0.15, 0.2) is 0 Å². The molecule has 0 aliphatic heterocycles. The molecule has 0 fully saturated rings. The normalized spacial score (nSPS) is 13.1. The van der Waals surface area contributed by atoms with Crippen molar-refractivity contribution in [3.05, 3.63) is 0 Å². The number of hydrogen-bond acceptors (Lipinski definition) is 2. The van der Waals surface area contributed by atoms with Crippen LogP contribution >= 0.6 is 0 Å². The molecule has 1 unspecified atom stereocenters. The Labute approximate surface area is 91.3 Å². The van der Waals surface area contributed by atoms with Crippen LogP contribution in [0.15, 0.2) is 0 Å². The van der Waals surface area contributed by atoms with Gasteiger partial charge in [-0.2, -0.15) is 13.2 Å². The highest BCUT2D eigenvalue weighted by molar-refractivity contribution is 5.80. The number of carbonyl (C=O) groups excluding carboxylic acids is 1. The second-order valence-corrected chi connectivity index (χ2v) is 3.51. The molecular formula is C8H15F3N4O. The number of amidine groups is 1. The molecule has 0 spiro atoms. The summed E-state index contributed by atoms with van der Waals surface area (Å²) in [5.41, 5.74) is 5.17. The van der Waals surface area contributed by atoms with E-state index < -0.39 is 18.8 Å². The van der Waals surface area contributed by atoms with E-state index in [1.807, 2.05) is 0 Å². The fraction of sp³-hybridized carbons (Fsp3) is 0.750. The number of nitrogens with one attached hydrogen (secondary N) is 2. The maximum Gasteiger partial charge on any atom is 0.405 e. The smallest absolute Gasteiger partial charge is 0.387 e. The third-order valence-corrected chi connectivity index (χ3v) is 1.87. The molecule has 94 valence electrons. The third-order valence-electron chi connectivity index (χ3n) is 1.87. The second kappa shape index (κ2) is 5.57. The van der Waals surface area contributed by atoms with Crippen LogP contribution in [-0.2, 0) is 0 Å². The van der Waals surface area contributed by atoms with E-state index in [9.17, 15) is 18.0 Å². The molecule has 0 aliphatic rings. The number of amides is 2. The molecule has 8 heteroatoms. The van der Waals surface area contributed by atoms with Crippen LogP contribution < -0.4 is 11.1 Å². The SMILES string of the molecule is CC(CN(C)C(=O)NCC(F)(F)F)C(=N)N. The highest BCUT2D eigenvalue weighted by atomic mass is 19.4. The predicted molar refractivity (Wildman–Crippen MR) is 53.2 cm³/mol. The van der Waals surface area contributed by atoms with Gasteiger partial charge in [0.25, 0.3) is 0 Å². The molecule has 0 bridgehead atoms. The molecule has 0 saturated heterocycles. The van der Waals surface area contributed by atoms with Gasteiger partial charge in [-0.05, 0) is 0 Å². The highest BCUT2D eigenvalue weighted by Crippen LogP contribution is 2.12. The minimum atomic E-state index is -4.43. The van der Waals surface area contributed by atoms with Gasteiger partial charge in [0.05, 0.1) is 5.84 Å². The predicted octanol–water partition coefficient (Wildman–Crippen LogP) is 0.762. The van der Waals surface area contributed by atoms with E-state index >= 15 is 0 Å². The van der Waals surface area contributed by atoms with Crippen molar-refractivity contribution in [1.82, 2.24) is 10.2 Å². The Morgan fingerprint density at radius 2 is 2.06 bits per heavy atom. The summed E-state index contributed by atoms with van der Waals surface area (Å²) in [6.45, 7) is 0.333. The minimum Gasteiger partial charge on any atom is -0.387 e. The molecular weight excluding hydrogens is 225 g/mol. The first kappa shape index (κ1) is 14.5. The molecule has 2 amide bonds. The van der Waals surface area contributed by atoms with E-state index in [0.29, 0.717) is 0 Å². The Balaban J connectivity index is 4.05. The van der Waals surface area contributed by atoms with Gasteiger partial charge in [-0.3, -0.25) is 5.41 Å². The van der Waals surface area contributed by atoms with Crippen molar-refractivity contribution in [2.24, 2.45) is 11.7 Å². The first-order valence-electron chi connectivity index (χ1n) is 4.53. The van der Waals surface area contributed by atoms with Crippen molar-refractivity contribution < 1.29 is 18.0 Å². The van der Waals surface area contributed by atoms with Crippen LogP contribution in [0.5, 0.6) is 0 Å². The van der Waals surface area contributed by atoms with Gasteiger partial charge in [0.2, 0.25) is 0 Å². The van der Waals surface area contributed by atoms with Crippen LogP contribution in [0.2, 0.25) is 0 Å². The fourth-order valence-corrected chi connectivity index (χ4v) is 0.903. The lowest BCUT2D eigenvalue weighted by molar-refractivity contribution is -0.123. The van der Waals surface area contributed by atoms with Gasteiger partial charge in [-0.25, -0.2) is 4.79 Å². The fourth-order valence-electron chi connectivity index (χ4n) is 0.903. The molecule has 1 atom stereocenters. The van der Waals surface area contributed by atoms with E-state index in [1.54, 1.807) is 12.2 Å². The van der Waals surface area contributed by atoms with E-state index in [2.05, 4.69) is 0 Å². The number of nitrogens with zero attached hydrogens (tertiary/aromatic N) is 1. The monoisotopic (exact) mass is 240 g/mol. The molecule has 0 aromatic carbocycles. The Hall–Kier alpha value is -1.47. The van der Waals surface area contributed by atoms with Crippen molar-refractivity contribution in [1.29, 1.82) is 5.41 Å². The number of alkyl halides is 3. The summed E-state index contributed by atoms with van der Waals surface area (Å²) >= 11 is 0. The van der Waals surface area contributed by atoms with Gasteiger partial charge < -0.3 is 16.0 Å². The molecule has 4 N–H and O–H groups in total. The topological polar surface area (TPSA) is 82.2 Å². The lowest BCUT2D eigenvalue weighted by Crippen LogP contribution is -2.44. The van der Waals surface area contributed by atoms with Crippen LogP contribution in [0.4, 0.5) is 18.0 Å². The Kier molecular flexibility index (Phi) is 5.06. The standard InChI is InChI=1S/C8H15F3N4O/c1-5(6(12)13)3-15(2)7(16)14-4-8(9,10)11/h5H,3-4H2,1-2H3,(H3,12,13)(H,14,16). The summed E-state index contributed by atoms with van der Waals surface area (Å²) < 4.78 is 35.3. The number of halogens is 3. The first-order chi connectivity index (χ1) is 7.13. The largest absolute Gasteiger partial charge is 0.405 e. The van der Waals surface area contributed by atoms with Crippen molar-refractivity contribution in [2.75, 3.05) is 20.1 Å². The average Bonchev–Trinajstić information content (AvgIpc) is 2.12. The summed E-state index contributed by atoms with van der Waals surface area (Å²) in [5.74, 6) is -0.503. The maximum atomic E-state index is 11.8. The van der Waals surface area contributed by atoms with E-state index in [1.165, 1.54) is 7.05 Å². The summed E-state index contributed by atoms with van der Waals surface area (Å²) in [4.78, 5) is 12.2. The number of nitrogens with two attached hydrogens (primary N) is 1. The van der Waals surface area contributed by atoms with Crippen molar-refractivity contribution >= 4 is 11.9 Å². The zero-order chi connectivity index (χ0) is 12.9. The van der Waals surface area contributed by atoms with Gasteiger partial charge in [0, 0.05) is 19.5 Å². The van der Waals surface area contributed by atoms with Gasteiger partial charge >= 0.3 is 12.2 Å². The van der Waals surface area contributed by atoms with Crippen molar-refractivity contribution in [3.63, 3.8) is 0 Å². The quantitative estimate of drug-likeness (QED) is 0.501. The second-order valence-electron chi connectivity index (χ2n) is 3.51. The lowest BCUT2D eigenvalue weighted by Gasteiger charge is -2.21. The van der Waals surface area contributed by atoms with Crippen LogP contribution in [0.1, 0.15) is 6.92 Å². The summed E-state index contributed by atoms with van der Waals surface area (Å²) in [6, 6.07) is -0.842. The van der Waals surface area contributed by atoms with E-state index in [0.717, 1.165) is 4.90 Å². The molecule has 5 nitrogen and oxygen atoms in total. The number of rotatable bonds is 4. The zero-order valence-corrected chi connectivity index (χ0v) is 9.06. The van der Waals surface area contributed by atoms with Crippen LogP contribution in [-0.4, -0.2) is 43.1 Å². The molecule has 0 radical (unpaired) electrons. The molecule has 0 heterocycles. The molecule has 16 heavy (non-hydrogen) atoms. The van der Waals surface area contributed by atoms with E-state index in [4.69, 9.17) is 11.1 Å². The van der Waals surface area contributed by atoms with Crippen molar-refractivity contribution in [2.45, 2.75) is 13.1 Å². The summed E-state index contributed by atoms with van der Waals surface area (Å²) in [7, 11) is 1.34. The Bertz CT molecular complexity index is 266. The van der Waals surface area contributed by atoms with Crippen molar-refractivity contribution in [3.8, 4) is 0 Å². The van der Waals surface area contributed by atoms with Crippen LogP contribution in [0.25, 0.3) is 0 Å². The number of urea groups is 1. The molecule has 0 aliphatic carbocycles. The van der Waals surface area contributed by atoms with Crippen LogP contribution in [0, 0.1) is 11.3 Å². The average molecular weight is 240 g/mol. The summed E-state index contributed by atoms with van der Waals surface area (Å²) in [5, 5.41) is 8.79. The zero-order valence-electron chi connectivity index (χ0n) is 9.06. The highest BCUT2D eigenvalue weighted by Gasteiger charge is 2.28. The number of carbonyl (C=O) groups is 1. The third kappa shape index (κ3) is 6.10. The summed E-state index contributed by atoms with van der Waals surface area (Å²) in [6.07, 6.45) is -4.43. The number of hydrogen-bond donors (Lipinski definition) is 3. The van der Waals surface area contributed by atoms with Crippen LogP contribution in [0.3, 0.4) is 0 Å². The molecule has 0 saturated carbocycles. The Morgan fingerprint density at radius 1 is 1.56 bits per heavy atom. The Morgan fingerprint density at radius 3 is 2.44 bits per heavy atom. The van der Waals surface area contributed by atoms with Gasteiger partial charge in [0.1, 0.15) is 6.54 Å².